The molecule has 1 aromatic carbocycles. The first-order valence-corrected chi connectivity index (χ1v) is 12.4. The molecule has 33 heavy (non-hydrogen) atoms. The average Bonchev–Trinajstić information content (AvgIpc) is 3.06. The summed E-state index contributed by atoms with van der Waals surface area (Å²) in [5, 5.41) is 13.3. The summed E-state index contributed by atoms with van der Waals surface area (Å²) in [4.78, 5) is 12.5. The highest BCUT2D eigenvalue weighted by Crippen LogP contribution is 2.30. The van der Waals surface area contributed by atoms with Gasteiger partial charge in [-0.3, -0.25) is 0 Å². The van der Waals surface area contributed by atoms with Gasteiger partial charge in [0.05, 0.1) is 30.1 Å². The third-order valence-electron chi connectivity index (χ3n) is 5.79. The van der Waals surface area contributed by atoms with Crippen LogP contribution in [0.4, 0.5) is 14.7 Å². The van der Waals surface area contributed by atoms with Gasteiger partial charge in [-0.05, 0) is 39.3 Å². The molecule has 2 atom stereocenters. The fraction of sp³-hybridized carbons (Fsp3) is 0.476. The van der Waals surface area contributed by atoms with E-state index in [9.17, 15) is 22.3 Å². The Kier molecular flexibility index (Phi) is 6.10. The van der Waals surface area contributed by atoms with Gasteiger partial charge in [-0.15, -0.1) is 0 Å². The number of halogens is 2. The summed E-state index contributed by atoms with van der Waals surface area (Å²) >= 11 is 0. The number of aromatic nitrogens is 4. The monoisotopic (exact) mass is 480 g/mol. The van der Waals surface area contributed by atoms with Crippen LogP contribution < -0.4 is 5.32 Å². The summed E-state index contributed by atoms with van der Waals surface area (Å²) in [6.45, 7) is 5.85. The number of sulfonamides is 1. The van der Waals surface area contributed by atoms with E-state index in [-0.39, 0.29) is 41.9 Å². The highest BCUT2D eigenvalue weighted by atomic mass is 32.2. The minimum atomic E-state index is -3.41. The van der Waals surface area contributed by atoms with Crippen molar-refractivity contribution in [2.24, 2.45) is 0 Å². The number of nitrogens with one attached hydrogen (secondary N) is 1. The van der Waals surface area contributed by atoms with Gasteiger partial charge >= 0.3 is 0 Å². The topological polar surface area (TPSA) is 113 Å². The number of β-amino-alcohol motifs (C(OH)–C–C–N with tert-alkyl or cyclic N) is 1. The molecule has 0 bridgehead atoms. The summed E-state index contributed by atoms with van der Waals surface area (Å²) < 4.78 is 56.0. The Morgan fingerprint density at radius 1 is 1.21 bits per heavy atom. The van der Waals surface area contributed by atoms with Crippen molar-refractivity contribution in [2.75, 3.05) is 24.7 Å². The van der Waals surface area contributed by atoms with Crippen LogP contribution in [0.15, 0.2) is 18.3 Å². The predicted molar refractivity (Wildman–Crippen MR) is 120 cm³/mol. The van der Waals surface area contributed by atoms with Gasteiger partial charge in [0.15, 0.2) is 11.6 Å². The molecular formula is C21H26F2N6O3S. The molecule has 9 nitrogen and oxygen atoms in total. The fourth-order valence-corrected chi connectivity index (χ4v) is 5.10. The molecule has 2 aromatic heterocycles. The number of rotatable bonds is 5. The Labute approximate surface area is 190 Å². The minimum absolute atomic E-state index is 0.0245. The number of imidazole rings is 1. The van der Waals surface area contributed by atoms with E-state index in [1.54, 1.807) is 13.0 Å². The molecule has 1 fully saturated rings. The van der Waals surface area contributed by atoms with Gasteiger partial charge in [-0.25, -0.2) is 32.2 Å². The Balaban J connectivity index is 1.66. The van der Waals surface area contributed by atoms with Crippen LogP contribution in [0, 0.1) is 18.6 Å². The van der Waals surface area contributed by atoms with Gasteiger partial charge in [0.2, 0.25) is 16.0 Å². The quantitative estimate of drug-likeness (QED) is 0.577. The molecule has 0 saturated carbocycles. The summed E-state index contributed by atoms with van der Waals surface area (Å²) in [7, 11) is -3.41. The molecule has 0 aliphatic carbocycles. The molecule has 3 aromatic rings. The molecule has 0 spiro atoms. The second-order valence-electron chi connectivity index (χ2n) is 8.57. The second kappa shape index (κ2) is 8.58. The van der Waals surface area contributed by atoms with Gasteiger partial charge in [0, 0.05) is 24.7 Å². The number of anilines is 1. The van der Waals surface area contributed by atoms with Crippen LogP contribution in [-0.2, 0) is 10.0 Å². The highest BCUT2D eigenvalue weighted by Gasteiger charge is 2.32. The zero-order valence-corrected chi connectivity index (χ0v) is 19.6. The largest absolute Gasteiger partial charge is 0.390 e. The number of nitrogens with zero attached hydrogens (tertiary/aromatic N) is 5. The number of hydrogen-bond acceptors (Lipinski definition) is 7. The summed E-state index contributed by atoms with van der Waals surface area (Å²) in [5.74, 6) is -0.603. The molecule has 3 heterocycles. The lowest BCUT2D eigenvalue weighted by Gasteiger charge is -2.34. The fourth-order valence-electron chi connectivity index (χ4n) is 4.23. The molecular weight excluding hydrogens is 454 g/mol. The van der Waals surface area contributed by atoms with Gasteiger partial charge in [0.25, 0.3) is 0 Å². The van der Waals surface area contributed by atoms with E-state index < -0.39 is 33.8 Å². The third kappa shape index (κ3) is 4.55. The SMILES string of the molecule is Cc1nc2c(F)cc(-c3nc(N[C@@H]4CCN(S(C)(=O)=O)CC4O)ncc3F)cc2n1C(C)C. The van der Waals surface area contributed by atoms with Gasteiger partial charge in [0.1, 0.15) is 17.0 Å². The molecule has 1 saturated heterocycles. The lowest BCUT2D eigenvalue weighted by atomic mass is 10.0. The number of aliphatic hydroxyl groups is 1. The van der Waals surface area contributed by atoms with Crippen molar-refractivity contribution in [3.63, 3.8) is 0 Å². The molecule has 0 radical (unpaired) electrons. The maximum Gasteiger partial charge on any atom is 0.223 e. The van der Waals surface area contributed by atoms with Crippen LogP contribution >= 0.6 is 0 Å². The maximum absolute atomic E-state index is 14.8. The van der Waals surface area contributed by atoms with E-state index >= 15 is 0 Å². The standard InChI is InChI=1S/C21H26F2N6O3S/c1-11(2)29-12(3)25-20-14(22)7-13(8-17(20)29)19-15(23)9-24-21(27-19)26-16-5-6-28(10-18(16)30)33(4,31)32/h7-9,11,16,18,30H,5-6,10H2,1-4H3,(H,24,26,27)/t16-,18?/m1/s1. The van der Waals surface area contributed by atoms with Crippen molar-refractivity contribution in [1.82, 2.24) is 23.8 Å². The zero-order chi connectivity index (χ0) is 24.1. The molecule has 0 amide bonds. The molecule has 178 valence electrons. The van der Waals surface area contributed by atoms with E-state index in [0.29, 0.717) is 17.8 Å². The van der Waals surface area contributed by atoms with E-state index in [1.165, 1.54) is 10.4 Å². The van der Waals surface area contributed by atoms with Gasteiger partial charge in [-0.1, -0.05) is 0 Å². The number of piperidine rings is 1. The van der Waals surface area contributed by atoms with Gasteiger partial charge < -0.3 is 15.0 Å². The second-order valence-corrected chi connectivity index (χ2v) is 10.5. The van der Waals surface area contributed by atoms with E-state index in [0.717, 1.165) is 12.5 Å². The smallest absolute Gasteiger partial charge is 0.223 e. The van der Waals surface area contributed by atoms with Crippen molar-refractivity contribution in [3.8, 4) is 11.3 Å². The summed E-state index contributed by atoms with van der Waals surface area (Å²) in [5.41, 5.74) is 0.884. The Bertz CT molecular complexity index is 1310. The molecule has 12 heteroatoms. The van der Waals surface area contributed by atoms with Crippen LogP contribution in [0.1, 0.15) is 32.1 Å². The first kappa shape index (κ1) is 23.5. The van der Waals surface area contributed by atoms with Crippen molar-refractivity contribution in [2.45, 2.75) is 45.4 Å². The van der Waals surface area contributed by atoms with Crippen LogP contribution in [-0.4, -0.2) is 68.8 Å². The van der Waals surface area contributed by atoms with Gasteiger partial charge in [-0.2, -0.15) is 4.31 Å². The Morgan fingerprint density at radius 3 is 2.58 bits per heavy atom. The third-order valence-corrected chi connectivity index (χ3v) is 7.06. The summed E-state index contributed by atoms with van der Waals surface area (Å²) in [6.07, 6.45) is 1.39. The maximum atomic E-state index is 14.8. The molecule has 4 rings (SSSR count). The highest BCUT2D eigenvalue weighted by molar-refractivity contribution is 7.88. The number of aryl methyl sites for hydroxylation is 1. The zero-order valence-electron chi connectivity index (χ0n) is 18.7. The number of fused-ring (bicyclic) bond motifs is 1. The number of aliphatic hydroxyl groups excluding tert-OH is 1. The van der Waals surface area contributed by atoms with E-state index in [1.807, 2.05) is 18.4 Å². The number of hydrogen-bond donors (Lipinski definition) is 2. The van der Waals surface area contributed by atoms with Crippen LogP contribution in [0.3, 0.4) is 0 Å². The van der Waals surface area contributed by atoms with Crippen LogP contribution in [0.2, 0.25) is 0 Å². The van der Waals surface area contributed by atoms with Crippen LogP contribution in [0.25, 0.3) is 22.3 Å². The lowest BCUT2D eigenvalue weighted by Crippen LogP contribution is -2.51. The molecule has 1 aliphatic heterocycles. The van der Waals surface area contributed by atoms with Crippen molar-refractivity contribution in [3.05, 3.63) is 35.8 Å². The Hall–Kier alpha value is -2.70. The Morgan fingerprint density at radius 2 is 1.94 bits per heavy atom. The van der Waals surface area contributed by atoms with Crippen molar-refractivity contribution >= 4 is 27.0 Å². The number of benzene rings is 1. The first-order valence-electron chi connectivity index (χ1n) is 10.6. The van der Waals surface area contributed by atoms with E-state index in [4.69, 9.17) is 0 Å². The average molecular weight is 481 g/mol. The minimum Gasteiger partial charge on any atom is -0.390 e. The van der Waals surface area contributed by atoms with Crippen molar-refractivity contribution in [1.29, 1.82) is 0 Å². The van der Waals surface area contributed by atoms with E-state index in [2.05, 4.69) is 20.3 Å². The molecule has 2 N–H and O–H groups in total. The first-order chi connectivity index (χ1) is 15.5. The molecule has 1 unspecified atom stereocenters. The predicted octanol–water partition coefficient (Wildman–Crippen LogP) is 2.47. The van der Waals surface area contributed by atoms with Crippen molar-refractivity contribution < 1.29 is 22.3 Å². The van der Waals surface area contributed by atoms with Crippen LogP contribution in [0.5, 0.6) is 0 Å². The normalized spacial score (nSPS) is 20.0. The summed E-state index contributed by atoms with van der Waals surface area (Å²) in [6, 6.07) is 2.34. The molecule has 1 aliphatic rings. The lowest BCUT2D eigenvalue weighted by molar-refractivity contribution is 0.0950.